The van der Waals surface area contributed by atoms with Gasteiger partial charge >= 0.3 is 0 Å². The largest absolute Gasteiger partial charge is 0.355 e. The molecule has 1 fully saturated rings. The zero-order valence-corrected chi connectivity index (χ0v) is 16.1. The predicted octanol–water partition coefficient (Wildman–Crippen LogP) is 2.08. The quantitative estimate of drug-likeness (QED) is 0.824. The van der Waals surface area contributed by atoms with Gasteiger partial charge in [0.25, 0.3) is 5.56 Å². The van der Waals surface area contributed by atoms with Crippen LogP contribution in [0.2, 0.25) is 0 Å². The second-order valence-electron chi connectivity index (χ2n) is 7.16. The van der Waals surface area contributed by atoms with Crippen molar-refractivity contribution in [3.05, 3.63) is 46.8 Å². The van der Waals surface area contributed by atoms with Crippen LogP contribution in [0.1, 0.15) is 26.7 Å². The van der Waals surface area contributed by atoms with Crippen molar-refractivity contribution in [3.8, 4) is 0 Å². The Morgan fingerprint density at radius 3 is 2.25 bits per heavy atom. The molecule has 0 saturated carbocycles. The van der Waals surface area contributed by atoms with E-state index < -0.39 is 0 Å². The average molecular weight is 383 g/mol. The van der Waals surface area contributed by atoms with Crippen LogP contribution in [0.4, 0.5) is 17.2 Å². The highest BCUT2D eigenvalue weighted by Crippen LogP contribution is 2.20. The monoisotopic (exact) mass is 383 g/mol. The molecule has 1 aromatic heterocycles. The lowest BCUT2D eigenvalue weighted by Crippen LogP contribution is -2.36. The Kier molecular flexibility index (Phi) is 6.08. The third-order valence-corrected chi connectivity index (χ3v) is 4.74. The van der Waals surface area contributed by atoms with Crippen LogP contribution < -0.4 is 21.1 Å². The zero-order chi connectivity index (χ0) is 20.1. The molecule has 2 heterocycles. The lowest BCUT2D eigenvalue weighted by Gasteiger charge is -2.31. The van der Waals surface area contributed by atoms with Crippen LogP contribution in [0, 0.1) is 5.92 Å². The molecule has 2 aromatic rings. The van der Waals surface area contributed by atoms with E-state index in [1.807, 2.05) is 0 Å². The first kappa shape index (κ1) is 19.6. The van der Waals surface area contributed by atoms with Gasteiger partial charge in [0.1, 0.15) is 12.4 Å². The molecular formula is C20H25N5O3. The van der Waals surface area contributed by atoms with E-state index in [-0.39, 0.29) is 23.9 Å². The van der Waals surface area contributed by atoms with Gasteiger partial charge in [-0.25, -0.2) is 4.68 Å². The standard InChI is InChI=1S/C20H25N5O3/c1-14-9-11-24(12-10-14)18-7-8-20(28)25(23-18)13-19(27)22-17-5-3-16(4-6-17)21-15(2)26/h3-8,14H,9-13H2,1-2H3,(H,21,26)(H,22,27). The lowest BCUT2D eigenvalue weighted by molar-refractivity contribution is -0.117. The summed E-state index contributed by atoms with van der Waals surface area (Å²) in [5.74, 6) is 0.917. The van der Waals surface area contributed by atoms with Gasteiger partial charge in [-0.3, -0.25) is 14.4 Å². The van der Waals surface area contributed by atoms with Crippen LogP contribution in [0.5, 0.6) is 0 Å². The highest BCUT2D eigenvalue weighted by molar-refractivity contribution is 5.92. The van der Waals surface area contributed by atoms with Crippen molar-refractivity contribution in [2.45, 2.75) is 33.2 Å². The van der Waals surface area contributed by atoms with Crippen molar-refractivity contribution in [2.75, 3.05) is 28.6 Å². The molecule has 0 spiro atoms. The van der Waals surface area contributed by atoms with E-state index in [2.05, 4.69) is 27.6 Å². The summed E-state index contributed by atoms with van der Waals surface area (Å²) in [6.45, 7) is 5.31. The van der Waals surface area contributed by atoms with Crippen molar-refractivity contribution < 1.29 is 9.59 Å². The molecule has 8 nitrogen and oxygen atoms in total. The van der Waals surface area contributed by atoms with Crippen LogP contribution in [0.25, 0.3) is 0 Å². The number of aromatic nitrogens is 2. The summed E-state index contributed by atoms with van der Waals surface area (Å²) in [4.78, 5) is 37.6. The van der Waals surface area contributed by atoms with Gasteiger partial charge in [0.15, 0.2) is 0 Å². The molecule has 1 aliphatic rings. The molecule has 0 bridgehead atoms. The van der Waals surface area contributed by atoms with Crippen LogP contribution >= 0.6 is 0 Å². The van der Waals surface area contributed by atoms with Crippen molar-refractivity contribution in [1.82, 2.24) is 9.78 Å². The topological polar surface area (TPSA) is 96.3 Å². The smallest absolute Gasteiger partial charge is 0.267 e. The number of hydrogen-bond donors (Lipinski definition) is 2. The fraction of sp³-hybridized carbons (Fsp3) is 0.400. The lowest BCUT2D eigenvalue weighted by atomic mass is 9.99. The van der Waals surface area contributed by atoms with Crippen LogP contribution in [-0.4, -0.2) is 34.7 Å². The van der Waals surface area contributed by atoms with Gasteiger partial charge in [0.05, 0.1) is 0 Å². The third kappa shape index (κ3) is 5.18. The number of piperidine rings is 1. The Labute approximate surface area is 163 Å². The van der Waals surface area contributed by atoms with Gasteiger partial charge in [-0.15, -0.1) is 0 Å². The molecule has 0 unspecified atom stereocenters. The first-order valence-corrected chi connectivity index (χ1v) is 9.41. The molecule has 3 rings (SSSR count). The summed E-state index contributed by atoms with van der Waals surface area (Å²) in [6.07, 6.45) is 2.19. The van der Waals surface area contributed by atoms with Gasteiger partial charge in [0, 0.05) is 37.5 Å². The molecule has 1 aliphatic heterocycles. The van der Waals surface area contributed by atoms with Gasteiger partial charge in [-0.05, 0) is 49.1 Å². The van der Waals surface area contributed by atoms with Gasteiger partial charge in [0.2, 0.25) is 11.8 Å². The number of anilines is 3. The molecule has 1 saturated heterocycles. The summed E-state index contributed by atoms with van der Waals surface area (Å²) in [6, 6.07) is 9.93. The van der Waals surface area contributed by atoms with E-state index >= 15 is 0 Å². The second-order valence-corrected chi connectivity index (χ2v) is 7.16. The first-order valence-electron chi connectivity index (χ1n) is 9.41. The molecule has 2 amide bonds. The number of rotatable bonds is 5. The Hall–Kier alpha value is -3.16. The number of benzene rings is 1. The van der Waals surface area contributed by atoms with Gasteiger partial charge in [-0.2, -0.15) is 5.10 Å². The fourth-order valence-corrected chi connectivity index (χ4v) is 3.13. The van der Waals surface area contributed by atoms with Crippen molar-refractivity contribution >= 4 is 29.0 Å². The fourth-order valence-electron chi connectivity index (χ4n) is 3.13. The van der Waals surface area contributed by atoms with Gasteiger partial charge in [-0.1, -0.05) is 6.92 Å². The van der Waals surface area contributed by atoms with E-state index in [4.69, 9.17) is 0 Å². The predicted molar refractivity (Wildman–Crippen MR) is 108 cm³/mol. The summed E-state index contributed by atoms with van der Waals surface area (Å²) >= 11 is 0. The maximum Gasteiger partial charge on any atom is 0.267 e. The van der Waals surface area contributed by atoms with E-state index in [9.17, 15) is 14.4 Å². The minimum absolute atomic E-state index is 0.162. The Morgan fingerprint density at radius 2 is 1.64 bits per heavy atom. The van der Waals surface area contributed by atoms with Crippen LogP contribution in [0.3, 0.4) is 0 Å². The number of carbonyl (C=O) groups excluding carboxylic acids is 2. The highest BCUT2D eigenvalue weighted by Gasteiger charge is 2.18. The third-order valence-electron chi connectivity index (χ3n) is 4.74. The normalized spacial score (nSPS) is 14.6. The minimum Gasteiger partial charge on any atom is -0.355 e. The first-order chi connectivity index (χ1) is 13.4. The average Bonchev–Trinajstić information content (AvgIpc) is 2.65. The molecule has 1 aromatic carbocycles. The number of nitrogens with one attached hydrogen (secondary N) is 2. The number of carbonyl (C=O) groups is 2. The number of hydrogen-bond acceptors (Lipinski definition) is 5. The van der Waals surface area contributed by atoms with E-state index in [0.29, 0.717) is 17.3 Å². The van der Waals surface area contributed by atoms with E-state index in [1.165, 1.54) is 17.7 Å². The Bertz CT molecular complexity index is 899. The molecule has 8 heteroatoms. The minimum atomic E-state index is -0.341. The molecule has 148 valence electrons. The van der Waals surface area contributed by atoms with Gasteiger partial charge < -0.3 is 15.5 Å². The zero-order valence-electron chi connectivity index (χ0n) is 16.1. The van der Waals surface area contributed by atoms with E-state index in [1.54, 1.807) is 30.3 Å². The Morgan fingerprint density at radius 1 is 1.04 bits per heavy atom. The summed E-state index contributed by atoms with van der Waals surface area (Å²) in [7, 11) is 0. The molecular weight excluding hydrogens is 358 g/mol. The SMILES string of the molecule is CC(=O)Nc1ccc(NC(=O)Cn2nc(N3CCC(C)CC3)ccc2=O)cc1. The molecule has 28 heavy (non-hydrogen) atoms. The maximum atomic E-state index is 12.3. The molecule has 0 aliphatic carbocycles. The van der Waals surface area contributed by atoms with Crippen molar-refractivity contribution in [1.29, 1.82) is 0 Å². The number of nitrogens with zero attached hydrogens (tertiary/aromatic N) is 3. The molecule has 2 N–H and O–H groups in total. The van der Waals surface area contributed by atoms with E-state index in [0.717, 1.165) is 31.7 Å². The summed E-state index contributed by atoms with van der Waals surface area (Å²) < 4.78 is 1.19. The number of amides is 2. The van der Waals surface area contributed by atoms with Crippen LogP contribution in [0.15, 0.2) is 41.2 Å². The van der Waals surface area contributed by atoms with Crippen LogP contribution in [-0.2, 0) is 16.1 Å². The molecule has 0 atom stereocenters. The highest BCUT2D eigenvalue weighted by atomic mass is 16.2. The second kappa shape index (κ2) is 8.69. The molecule has 0 radical (unpaired) electrons. The summed E-state index contributed by atoms with van der Waals surface area (Å²) in [5, 5.41) is 9.77. The Balaban J connectivity index is 1.64. The van der Waals surface area contributed by atoms with Crippen molar-refractivity contribution in [3.63, 3.8) is 0 Å². The van der Waals surface area contributed by atoms with Crippen molar-refractivity contribution in [2.24, 2.45) is 5.92 Å². The maximum absolute atomic E-state index is 12.3. The summed E-state index contributed by atoms with van der Waals surface area (Å²) in [5.41, 5.74) is 0.908.